The van der Waals surface area contributed by atoms with Gasteiger partial charge in [0, 0.05) is 24.7 Å². The van der Waals surface area contributed by atoms with E-state index < -0.39 is 25.8 Å². The Bertz CT molecular complexity index is 597. The summed E-state index contributed by atoms with van der Waals surface area (Å²) in [4.78, 5) is 21.9. The van der Waals surface area contributed by atoms with E-state index in [1.807, 2.05) is 13.8 Å². The molecule has 1 aliphatic rings. The predicted molar refractivity (Wildman–Crippen MR) is 106 cm³/mol. The highest BCUT2D eigenvalue weighted by molar-refractivity contribution is 7.57. The maximum atomic E-state index is 12.7. The Labute approximate surface area is 162 Å². The largest absolute Gasteiger partial charge is 0.369 e. The summed E-state index contributed by atoms with van der Waals surface area (Å²) in [5, 5.41) is 3.05. The molecule has 0 heterocycles. The molecule has 0 aliphatic heterocycles. The molecular formula is C19H33N2O5P. The van der Waals surface area contributed by atoms with Crippen molar-refractivity contribution in [1.29, 1.82) is 0 Å². The number of carbonyl (C=O) groups excluding carboxylic acids is 1. The number of rotatable bonds is 11. The third-order valence-corrected chi connectivity index (χ3v) is 6.18. The quantitative estimate of drug-likeness (QED) is 0.279. The van der Waals surface area contributed by atoms with Crippen LogP contribution in [0.1, 0.15) is 59.3 Å². The zero-order chi connectivity index (χ0) is 20.4. The minimum atomic E-state index is -3.98. The second kappa shape index (κ2) is 11.6. The highest BCUT2D eigenvalue weighted by Gasteiger charge is 2.39. The van der Waals surface area contributed by atoms with Gasteiger partial charge < -0.3 is 25.2 Å². The number of nitrogens with two attached hydrogens (primary N) is 1. The number of hydrogen-bond donors (Lipinski definition) is 3. The van der Waals surface area contributed by atoms with E-state index >= 15 is 0 Å². The number of hydrogen-bond acceptors (Lipinski definition) is 5. The Morgan fingerprint density at radius 1 is 1.48 bits per heavy atom. The lowest BCUT2D eigenvalue weighted by Crippen LogP contribution is -2.56. The first-order valence-corrected chi connectivity index (χ1v) is 11.1. The van der Waals surface area contributed by atoms with E-state index in [-0.39, 0.29) is 30.4 Å². The molecule has 0 spiro atoms. The number of nitrogens with one attached hydrogen (secondary N) is 1. The molecule has 0 aromatic heterocycles. The van der Waals surface area contributed by atoms with Crippen molar-refractivity contribution in [2.24, 2.45) is 5.73 Å². The van der Waals surface area contributed by atoms with Crippen LogP contribution in [-0.2, 0) is 18.6 Å². The Morgan fingerprint density at radius 3 is 2.70 bits per heavy atom. The van der Waals surface area contributed by atoms with Crippen LogP contribution in [0.2, 0.25) is 0 Å². The molecule has 8 heteroatoms. The molecule has 0 fully saturated rings. The van der Waals surface area contributed by atoms with Crippen molar-refractivity contribution < 1.29 is 23.5 Å². The van der Waals surface area contributed by atoms with Gasteiger partial charge in [0.1, 0.15) is 0 Å². The standard InChI is InChI=1S/C19H33N2O5P/c1-5-8-9-10-11-25-27(23,24)16-12-17(20)19(21-14(4)22)18(13-16)26-15(6-2)7-3/h1,13,15,17-19H,6-12,20H2,2-4H3,(H,21,22)(H,23,24)/t17-,18+,19+/m0/s1. The number of amides is 1. The zero-order valence-corrected chi connectivity index (χ0v) is 17.4. The fourth-order valence-corrected chi connectivity index (χ4v) is 4.35. The third-order valence-electron chi connectivity index (χ3n) is 4.59. The second-order valence-electron chi connectivity index (χ2n) is 6.81. The molecule has 0 aromatic carbocycles. The number of ether oxygens (including phenoxy) is 1. The topological polar surface area (TPSA) is 111 Å². The van der Waals surface area contributed by atoms with E-state index in [0.717, 1.165) is 19.3 Å². The van der Waals surface area contributed by atoms with Gasteiger partial charge in [-0.15, -0.1) is 12.3 Å². The Morgan fingerprint density at radius 2 is 2.15 bits per heavy atom. The summed E-state index contributed by atoms with van der Waals surface area (Å²) in [5.41, 5.74) is 6.21. The molecule has 154 valence electrons. The van der Waals surface area contributed by atoms with Crippen LogP contribution in [0.5, 0.6) is 0 Å². The second-order valence-corrected chi connectivity index (χ2v) is 8.68. The average Bonchev–Trinajstić information content (AvgIpc) is 2.61. The zero-order valence-electron chi connectivity index (χ0n) is 16.5. The molecule has 27 heavy (non-hydrogen) atoms. The first-order chi connectivity index (χ1) is 12.7. The molecule has 4 atom stereocenters. The first-order valence-electron chi connectivity index (χ1n) is 9.55. The van der Waals surface area contributed by atoms with E-state index in [9.17, 15) is 14.3 Å². The van der Waals surface area contributed by atoms with Crippen molar-refractivity contribution in [3.63, 3.8) is 0 Å². The van der Waals surface area contributed by atoms with Crippen molar-refractivity contribution in [3.8, 4) is 12.3 Å². The summed E-state index contributed by atoms with van der Waals surface area (Å²) in [5.74, 6) is 2.30. The van der Waals surface area contributed by atoms with Gasteiger partial charge in [-0.05, 0) is 38.2 Å². The van der Waals surface area contributed by atoms with Gasteiger partial charge in [0.25, 0.3) is 0 Å². The van der Waals surface area contributed by atoms with Crippen LogP contribution in [0.25, 0.3) is 0 Å². The summed E-state index contributed by atoms with van der Waals surface area (Å²) in [7, 11) is -3.98. The van der Waals surface area contributed by atoms with Crippen LogP contribution < -0.4 is 11.1 Å². The van der Waals surface area contributed by atoms with E-state index in [1.54, 1.807) is 6.08 Å². The van der Waals surface area contributed by atoms with Gasteiger partial charge in [0.2, 0.25) is 5.91 Å². The Balaban J connectivity index is 2.94. The fraction of sp³-hybridized carbons (Fsp3) is 0.737. The molecule has 1 amide bonds. The van der Waals surface area contributed by atoms with Gasteiger partial charge in [-0.2, -0.15) is 0 Å². The van der Waals surface area contributed by atoms with E-state index in [2.05, 4.69) is 11.2 Å². The minimum absolute atomic E-state index is 0.0307. The summed E-state index contributed by atoms with van der Waals surface area (Å²) in [6.45, 7) is 5.57. The lowest BCUT2D eigenvalue weighted by molar-refractivity contribution is -0.121. The van der Waals surface area contributed by atoms with Gasteiger partial charge in [-0.25, -0.2) is 0 Å². The van der Waals surface area contributed by atoms with Crippen molar-refractivity contribution in [2.45, 2.75) is 83.6 Å². The Kier molecular flexibility index (Phi) is 10.3. The van der Waals surface area contributed by atoms with Crippen molar-refractivity contribution in [3.05, 3.63) is 11.4 Å². The summed E-state index contributed by atoms with van der Waals surface area (Å²) in [6, 6.07) is -0.999. The fourth-order valence-electron chi connectivity index (χ4n) is 3.03. The van der Waals surface area contributed by atoms with Crippen LogP contribution >= 0.6 is 7.60 Å². The molecule has 0 saturated carbocycles. The van der Waals surface area contributed by atoms with E-state index in [1.165, 1.54) is 6.92 Å². The Hall–Kier alpha value is -1.16. The monoisotopic (exact) mass is 400 g/mol. The maximum absolute atomic E-state index is 12.7. The third kappa shape index (κ3) is 7.77. The van der Waals surface area contributed by atoms with Crippen LogP contribution in [0.15, 0.2) is 11.4 Å². The lowest BCUT2D eigenvalue weighted by Gasteiger charge is -2.37. The number of carbonyl (C=O) groups is 1. The van der Waals surface area contributed by atoms with Crippen LogP contribution in [0, 0.1) is 12.3 Å². The van der Waals surface area contributed by atoms with E-state index in [0.29, 0.717) is 12.8 Å². The van der Waals surface area contributed by atoms with Gasteiger partial charge in [-0.3, -0.25) is 9.36 Å². The normalized spacial score (nSPS) is 24.8. The summed E-state index contributed by atoms with van der Waals surface area (Å²) >= 11 is 0. The number of terminal acetylenes is 1. The van der Waals surface area contributed by atoms with Crippen molar-refractivity contribution in [1.82, 2.24) is 5.32 Å². The average molecular weight is 400 g/mol. The molecule has 0 bridgehead atoms. The van der Waals surface area contributed by atoms with Gasteiger partial charge in [0.15, 0.2) is 0 Å². The molecule has 1 rings (SSSR count). The SMILES string of the molecule is C#CCCCCOP(=O)(O)C1=C[C@@H](OC(CC)CC)[C@H](NC(C)=O)[C@@H](N)C1. The molecule has 0 aromatic rings. The molecular weight excluding hydrogens is 367 g/mol. The first kappa shape index (κ1) is 23.9. The van der Waals surface area contributed by atoms with Crippen molar-refractivity contribution in [2.75, 3.05) is 6.61 Å². The van der Waals surface area contributed by atoms with Gasteiger partial charge >= 0.3 is 7.60 Å². The highest BCUT2D eigenvalue weighted by atomic mass is 31.2. The smallest absolute Gasteiger partial charge is 0.354 e. The molecule has 4 N–H and O–H groups in total. The van der Waals surface area contributed by atoms with Crippen LogP contribution in [0.3, 0.4) is 0 Å². The maximum Gasteiger partial charge on any atom is 0.354 e. The van der Waals surface area contributed by atoms with Crippen LogP contribution in [0.4, 0.5) is 0 Å². The summed E-state index contributed by atoms with van der Waals surface area (Å²) < 4.78 is 24.0. The van der Waals surface area contributed by atoms with Gasteiger partial charge in [-0.1, -0.05) is 13.8 Å². The highest BCUT2D eigenvalue weighted by Crippen LogP contribution is 2.54. The molecule has 1 aliphatic carbocycles. The lowest BCUT2D eigenvalue weighted by atomic mass is 9.93. The summed E-state index contributed by atoms with van der Waals surface area (Å²) in [6.07, 6.45) is 9.88. The molecule has 0 radical (unpaired) electrons. The van der Waals surface area contributed by atoms with E-state index in [4.69, 9.17) is 21.4 Å². The molecule has 1 unspecified atom stereocenters. The van der Waals surface area contributed by atoms with Crippen molar-refractivity contribution >= 4 is 13.5 Å². The number of unbranched alkanes of at least 4 members (excludes halogenated alkanes) is 2. The predicted octanol–water partition coefficient (Wildman–Crippen LogP) is 2.69. The minimum Gasteiger partial charge on any atom is -0.369 e. The molecule has 7 nitrogen and oxygen atoms in total. The van der Waals surface area contributed by atoms with Gasteiger partial charge in [0.05, 0.1) is 24.9 Å². The van der Waals surface area contributed by atoms with Crippen LogP contribution in [-0.4, -0.2) is 41.7 Å². The molecule has 0 saturated heterocycles.